The molecule has 2 saturated heterocycles. The molecule has 134 valence electrons. The maximum Gasteiger partial charge on any atom is 0.220 e. The first-order chi connectivity index (χ1) is 11.1. The van der Waals surface area contributed by atoms with Crippen LogP contribution in [0.15, 0.2) is 30.3 Å². The summed E-state index contributed by atoms with van der Waals surface area (Å²) >= 11 is 0. The fourth-order valence-electron chi connectivity index (χ4n) is 4.14. The highest BCUT2D eigenvalue weighted by molar-refractivity contribution is 5.85. The van der Waals surface area contributed by atoms with E-state index in [1.807, 2.05) is 37.3 Å². The maximum atomic E-state index is 12.3. The number of carbonyl (C=O) groups excluding carboxylic acids is 1. The molecule has 0 spiro atoms. The molecular weight excluding hydrogens is 324 g/mol. The standard InChI is InChI=1S/C19H28N2O2.ClH/c1-13(9-18(22)15-5-3-2-4-6-15)20-19(23)12-14-10-16-7-8-17(11-14)21-16;/h2-6,13-14,16-18,21-22H,7-12H2,1H3,(H,20,23);1H. The highest BCUT2D eigenvalue weighted by atomic mass is 35.5. The average molecular weight is 353 g/mol. The van der Waals surface area contributed by atoms with Gasteiger partial charge < -0.3 is 15.7 Å². The van der Waals surface area contributed by atoms with Gasteiger partial charge in [0.05, 0.1) is 6.10 Å². The zero-order valence-electron chi connectivity index (χ0n) is 14.3. The molecule has 1 aromatic rings. The average Bonchev–Trinajstić information content (AvgIpc) is 2.86. The fourth-order valence-corrected chi connectivity index (χ4v) is 4.14. The first-order valence-corrected chi connectivity index (χ1v) is 8.88. The van der Waals surface area contributed by atoms with Gasteiger partial charge in [0.25, 0.3) is 0 Å². The molecule has 2 heterocycles. The first kappa shape index (κ1) is 19.2. The molecule has 2 aliphatic heterocycles. The molecule has 1 aromatic carbocycles. The molecule has 4 atom stereocenters. The lowest BCUT2D eigenvalue weighted by atomic mass is 9.89. The van der Waals surface area contributed by atoms with Gasteiger partial charge in [-0.1, -0.05) is 30.3 Å². The predicted molar refractivity (Wildman–Crippen MR) is 98.2 cm³/mol. The molecule has 4 unspecified atom stereocenters. The van der Waals surface area contributed by atoms with Gasteiger partial charge in [0.1, 0.15) is 0 Å². The van der Waals surface area contributed by atoms with E-state index >= 15 is 0 Å². The van der Waals surface area contributed by atoms with Gasteiger partial charge >= 0.3 is 0 Å². The van der Waals surface area contributed by atoms with Crippen LogP contribution < -0.4 is 10.6 Å². The second-order valence-electron chi connectivity index (χ2n) is 7.31. The lowest BCUT2D eigenvalue weighted by Crippen LogP contribution is -2.41. The van der Waals surface area contributed by atoms with Crippen molar-refractivity contribution in [3.63, 3.8) is 0 Å². The van der Waals surface area contributed by atoms with Crippen LogP contribution in [0.3, 0.4) is 0 Å². The summed E-state index contributed by atoms with van der Waals surface area (Å²) in [5.74, 6) is 0.643. The summed E-state index contributed by atoms with van der Waals surface area (Å²) in [5.41, 5.74) is 0.906. The molecule has 4 nitrogen and oxygen atoms in total. The molecule has 0 saturated carbocycles. The van der Waals surface area contributed by atoms with Crippen LogP contribution in [0.5, 0.6) is 0 Å². The molecule has 2 fully saturated rings. The van der Waals surface area contributed by atoms with Gasteiger partial charge in [0.2, 0.25) is 5.91 Å². The van der Waals surface area contributed by atoms with Crippen molar-refractivity contribution in [1.29, 1.82) is 0 Å². The summed E-state index contributed by atoms with van der Waals surface area (Å²) in [6, 6.07) is 10.9. The number of hydrogen-bond donors (Lipinski definition) is 3. The highest BCUT2D eigenvalue weighted by Crippen LogP contribution is 2.32. The van der Waals surface area contributed by atoms with Crippen molar-refractivity contribution in [2.45, 2.75) is 69.7 Å². The van der Waals surface area contributed by atoms with Crippen LogP contribution in [-0.4, -0.2) is 29.1 Å². The molecule has 0 aromatic heterocycles. The van der Waals surface area contributed by atoms with Crippen molar-refractivity contribution in [2.24, 2.45) is 5.92 Å². The highest BCUT2D eigenvalue weighted by Gasteiger charge is 2.34. The topological polar surface area (TPSA) is 61.4 Å². The van der Waals surface area contributed by atoms with E-state index in [-0.39, 0.29) is 24.4 Å². The number of fused-ring (bicyclic) bond motifs is 2. The lowest BCUT2D eigenvalue weighted by Gasteiger charge is -2.29. The quantitative estimate of drug-likeness (QED) is 0.737. The zero-order chi connectivity index (χ0) is 16.2. The Morgan fingerprint density at radius 3 is 2.50 bits per heavy atom. The van der Waals surface area contributed by atoms with E-state index in [2.05, 4.69) is 10.6 Å². The molecular formula is C19H29ClN2O2. The minimum Gasteiger partial charge on any atom is -0.388 e. The van der Waals surface area contributed by atoms with Crippen molar-refractivity contribution in [3.8, 4) is 0 Å². The smallest absolute Gasteiger partial charge is 0.220 e. The molecule has 0 radical (unpaired) electrons. The van der Waals surface area contributed by atoms with E-state index in [9.17, 15) is 9.90 Å². The Labute approximate surface area is 150 Å². The Morgan fingerprint density at radius 2 is 1.88 bits per heavy atom. The number of rotatable bonds is 6. The number of aliphatic hydroxyl groups excluding tert-OH is 1. The normalized spacial score (nSPS) is 27.8. The lowest BCUT2D eigenvalue weighted by molar-refractivity contribution is -0.123. The Hall–Kier alpha value is -1.10. The largest absolute Gasteiger partial charge is 0.388 e. The monoisotopic (exact) mass is 352 g/mol. The summed E-state index contributed by atoms with van der Waals surface area (Å²) in [4.78, 5) is 12.3. The van der Waals surface area contributed by atoms with Crippen LogP contribution in [0, 0.1) is 5.92 Å². The van der Waals surface area contributed by atoms with Gasteiger partial charge in [0.15, 0.2) is 0 Å². The zero-order valence-corrected chi connectivity index (χ0v) is 15.1. The van der Waals surface area contributed by atoms with Gasteiger partial charge in [-0.2, -0.15) is 0 Å². The third-order valence-electron chi connectivity index (χ3n) is 5.21. The number of benzene rings is 1. The van der Waals surface area contributed by atoms with Crippen molar-refractivity contribution in [2.75, 3.05) is 0 Å². The van der Waals surface area contributed by atoms with Gasteiger partial charge in [-0.05, 0) is 50.5 Å². The van der Waals surface area contributed by atoms with Crippen molar-refractivity contribution < 1.29 is 9.90 Å². The predicted octanol–water partition coefficient (Wildman–Crippen LogP) is 2.96. The summed E-state index contributed by atoms with van der Waals surface area (Å²) in [5, 5.41) is 16.9. The number of aliphatic hydroxyl groups is 1. The van der Waals surface area contributed by atoms with Gasteiger partial charge in [-0.25, -0.2) is 0 Å². The Bertz CT molecular complexity index is 513. The number of carbonyl (C=O) groups is 1. The number of amides is 1. The minimum absolute atomic E-state index is 0. The van der Waals surface area contributed by atoms with Gasteiger partial charge in [-0.15, -0.1) is 12.4 Å². The minimum atomic E-state index is -0.527. The van der Waals surface area contributed by atoms with Crippen LogP contribution in [0.1, 0.15) is 57.1 Å². The SMILES string of the molecule is CC(CC(O)c1ccccc1)NC(=O)CC1CC2CCC(C1)N2.Cl. The number of piperidine rings is 1. The molecule has 0 aliphatic carbocycles. The Kier molecular flexibility index (Phi) is 7.08. The van der Waals surface area contributed by atoms with Crippen molar-refractivity contribution in [3.05, 3.63) is 35.9 Å². The molecule has 1 amide bonds. The van der Waals surface area contributed by atoms with E-state index in [1.165, 1.54) is 12.8 Å². The molecule has 2 bridgehead atoms. The third-order valence-corrected chi connectivity index (χ3v) is 5.21. The van der Waals surface area contributed by atoms with Crippen LogP contribution in [0.25, 0.3) is 0 Å². The van der Waals surface area contributed by atoms with Crippen LogP contribution >= 0.6 is 12.4 Å². The van der Waals surface area contributed by atoms with Crippen LogP contribution in [0.4, 0.5) is 0 Å². The van der Waals surface area contributed by atoms with Crippen LogP contribution in [-0.2, 0) is 4.79 Å². The Balaban J connectivity index is 0.00000208. The molecule has 3 N–H and O–H groups in total. The van der Waals surface area contributed by atoms with E-state index in [4.69, 9.17) is 0 Å². The molecule has 24 heavy (non-hydrogen) atoms. The summed E-state index contributed by atoms with van der Waals surface area (Å²) in [6.45, 7) is 1.97. The second kappa shape index (κ2) is 8.84. The van der Waals surface area contributed by atoms with E-state index in [1.54, 1.807) is 0 Å². The molecule has 2 aliphatic rings. The van der Waals surface area contributed by atoms with Gasteiger partial charge in [0, 0.05) is 24.5 Å². The summed E-state index contributed by atoms with van der Waals surface area (Å²) < 4.78 is 0. The Morgan fingerprint density at radius 1 is 1.25 bits per heavy atom. The number of nitrogens with one attached hydrogen (secondary N) is 2. The molecule has 5 heteroatoms. The third kappa shape index (κ3) is 5.20. The van der Waals surface area contributed by atoms with E-state index in [0.29, 0.717) is 30.8 Å². The van der Waals surface area contributed by atoms with E-state index in [0.717, 1.165) is 18.4 Å². The summed E-state index contributed by atoms with van der Waals surface area (Å²) in [7, 11) is 0. The first-order valence-electron chi connectivity index (χ1n) is 8.88. The second-order valence-corrected chi connectivity index (χ2v) is 7.31. The van der Waals surface area contributed by atoms with Crippen molar-refractivity contribution >= 4 is 18.3 Å². The maximum absolute atomic E-state index is 12.3. The molecule has 3 rings (SSSR count). The van der Waals surface area contributed by atoms with E-state index < -0.39 is 6.10 Å². The number of halogens is 1. The number of hydrogen-bond acceptors (Lipinski definition) is 3. The van der Waals surface area contributed by atoms with Gasteiger partial charge in [-0.3, -0.25) is 4.79 Å². The van der Waals surface area contributed by atoms with Crippen molar-refractivity contribution in [1.82, 2.24) is 10.6 Å². The summed E-state index contributed by atoms with van der Waals surface area (Å²) in [6.07, 6.45) is 5.44. The fraction of sp³-hybridized carbons (Fsp3) is 0.632. The van der Waals surface area contributed by atoms with Crippen LogP contribution in [0.2, 0.25) is 0 Å².